The normalized spacial score (nSPS) is 22.8. The minimum absolute atomic E-state index is 0.165. The highest BCUT2D eigenvalue weighted by Crippen LogP contribution is 2.16. The first kappa shape index (κ1) is 18.3. The van der Waals surface area contributed by atoms with Crippen molar-refractivity contribution in [3.8, 4) is 0 Å². The van der Waals surface area contributed by atoms with Crippen LogP contribution in [0.25, 0.3) is 0 Å². The molecule has 0 aromatic carbocycles. The summed E-state index contributed by atoms with van der Waals surface area (Å²) in [6.07, 6.45) is 8.17. The van der Waals surface area contributed by atoms with Crippen LogP contribution in [-0.2, 0) is 16.1 Å². The van der Waals surface area contributed by atoms with E-state index in [0.717, 1.165) is 50.4 Å². The Labute approximate surface area is 150 Å². The van der Waals surface area contributed by atoms with Gasteiger partial charge in [0.25, 0.3) is 5.91 Å². The van der Waals surface area contributed by atoms with Crippen LogP contribution in [0.1, 0.15) is 56.8 Å². The minimum atomic E-state index is -0.331. The second-order valence-corrected chi connectivity index (χ2v) is 7.44. The Morgan fingerprint density at radius 2 is 1.84 bits per heavy atom. The lowest BCUT2D eigenvalue weighted by Crippen LogP contribution is -2.51. The number of hydrogen-bond donors (Lipinski definition) is 0. The molecule has 0 bridgehead atoms. The average molecular weight is 346 g/mol. The van der Waals surface area contributed by atoms with E-state index in [9.17, 15) is 4.79 Å². The van der Waals surface area contributed by atoms with Crippen LogP contribution < -0.4 is 0 Å². The van der Waals surface area contributed by atoms with Gasteiger partial charge in [0.1, 0.15) is 11.9 Å². The molecular weight excluding hydrogens is 316 g/mol. The fourth-order valence-electron chi connectivity index (χ4n) is 3.49. The van der Waals surface area contributed by atoms with Crippen LogP contribution in [0.5, 0.6) is 0 Å². The van der Waals surface area contributed by atoms with Crippen molar-refractivity contribution in [2.24, 2.45) is 0 Å². The Bertz CT molecular complexity index is 553. The summed E-state index contributed by atoms with van der Waals surface area (Å²) in [6.45, 7) is 8.82. The molecule has 0 radical (unpaired) electrons. The molecule has 2 fully saturated rings. The van der Waals surface area contributed by atoms with E-state index in [1.54, 1.807) is 0 Å². The smallest absolute Gasteiger partial charge is 0.253 e. The van der Waals surface area contributed by atoms with E-state index in [-0.39, 0.29) is 12.0 Å². The highest BCUT2D eigenvalue weighted by atomic mass is 16.5. The molecular formula is C19H30N4O2. The average Bonchev–Trinajstić information content (AvgIpc) is 2.91. The van der Waals surface area contributed by atoms with Crippen LogP contribution in [0.2, 0.25) is 0 Å². The number of aromatic nitrogens is 2. The molecule has 0 N–H and O–H groups in total. The van der Waals surface area contributed by atoms with Gasteiger partial charge in [0.05, 0.1) is 6.61 Å². The molecule has 138 valence electrons. The number of carbonyl (C=O) groups is 1. The molecule has 0 saturated carbocycles. The zero-order valence-electron chi connectivity index (χ0n) is 15.5. The third kappa shape index (κ3) is 4.98. The molecule has 3 rings (SSSR count). The van der Waals surface area contributed by atoms with Crippen molar-refractivity contribution in [2.75, 3.05) is 32.8 Å². The number of morpholine rings is 1. The van der Waals surface area contributed by atoms with Gasteiger partial charge in [0, 0.05) is 56.6 Å². The molecule has 6 heteroatoms. The second kappa shape index (κ2) is 8.72. The number of ether oxygens (including phenoxy) is 1. The van der Waals surface area contributed by atoms with Gasteiger partial charge in [0.15, 0.2) is 0 Å². The number of likely N-dealkylation sites (tertiary alicyclic amines) is 1. The lowest BCUT2D eigenvalue weighted by molar-refractivity contribution is -0.149. The Hall–Kier alpha value is -1.53. The SMILES string of the molecule is CC(C)c1ncc(CN2CCO[C@@H](C(=O)N3CCCCCC3)C2)cn1. The zero-order valence-corrected chi connectivity index (χ0v) is 15.5. The van der Waals surface area contributed by atoms with Crippen molar-refractivity contribution >= 4 is 5.91 Å². The predicted molar refractivity (Wildman–Crippen MR) is 96.2 cm³/mol. The first-order valence-electron chi connectivity index (χ1n) is 9.57. The monoisotopic (exact) mass is 346 g/mol. The molecule has 0 spiro atoms. The molecule has 6 nitrogen and oxygen atoms in total. The summed E-state index contributed by atoms with van der Waals surface area (Å²) in [5, 5.41) is 0. The molecule has 3 heterocycles. The highest BCUT2D eigenvalue weighted by molar-refractivity contribution is 5.81. The molecule has 25 heavy (non-hydrogen) atoms. The molecule has 1 amide bonds. The molecule has 2 aliphatic rings. The van der Waals surface area contributed by atoms with E-state index >= 15 is 0 Å². The summed E-state index contributed by atoms with van der Waals surface area (Å²) in [4.78, 5) is 25.9. The summed E-state index contributed by atoms with van der Waals surface area (Å²) in [6, 6.07) is 0. The van der Waals surface area contributed by atoms with Gasteiger partial charge < -0.3 is 9.64 Å². The van der Waals surface area contributed by atoms with Crippen LogP contribution in [-0.4, -0.2) is 64.6 Å². The van der Waals surface area contributed by atoms with E-state index in [1.807, 2.05) is 17.3 Å². The highest BCUT2D eigenvalue weighted by Gasteiger charge is 2.30. The quantitative estimate of drug-likeness (QED) is 0.836. The maximum atomic E-state index is 12.8. The lowest BCUT2D eigenvalue weighted by Gasteiger charge is -2.34. The standard InChI is InChI=1S/C19H30N4O2/c1-15(2)18-20-11-16(12-21-18)13-22-9-10-25-17(14-22)19(24)23-7-5-3-4-6-8-23/h11-12,15,17H,3-10,13-14H2,1-2H3/t17-/m1/s1. The van der Waals surface area contributed by atoms with Crippen LogP contribution in [0.3, 0.4) is 0 Å². The fraction of sp³-hybridized carbons (Fsp3) is 0.737. The summed E-state index contributed by atoms with van der Waals surface area (Å²) >= 11 is 0. The van der Waals surface area contributed by atoms with E-state index in [2.05, 4.69) is 28.7 Å². The number of carbonyl (C=O) groups excluding carboxylic acids is 1. The Morgan fingerprint density at radius 1 is 1.16 bits per heavy atom. The zero-order chi connectivity index (χ0) is 17.6. The van der Waals surface area contributed by atoms with E-state index in [4.69, 9.17) is 4.74 Å². The van der Waals surface area contributed by atoms with Gasteiger partial charge >= 0.3 is 0 Å². The molecule has 0 unspecified atom stereocenters. The molecule has 1 aromatic rings. The maximum Gasteiger partial charge on any atom is 0.253 e. The Morgan fingerprint density at radius 3 is 2.48 bits per heavy atom. The van der Waals surface area contributed by atoms with Crippen molar-refractivity contribution in [3.63, 3.8) is 0 Å². The number of amides is 1. The van der Waals surface area contributed by atoms with Gasteiger partial charge in [-0.15, -0.1) is 0 Å². The van der Waals surface area contributed by atoms with Crippen molar-refractivity contribution in [3.05, 3.63) is 23.8 Å². The third-order valence-corrected chi connectivity index (χ3v) is 4.99. The van der Waals surface area contributed by atoms with Crippen LogP contribution >= 0.6 is 0 Å². The van der Waals surface area contributed by atoms with E-state index in [1.165, 1.54) is 12.8 Å². The summed E-state index contributed by atoms with van der Waals surface area (Å²) < 4.78 is 5.79. The first-order chi connectivity index (χ1) is 12.1. The fourth-order valence-corrected chi connectivity index (χ4v) is 3.49. The topological polar surface area (TPSA) is 58.6 Å². The van der Waals surface area contributed by atoms with Crippen molar-refractivity contribution in [1.29, 1.82) is 0 Å². The van der Waals surface area contributed by atoms with Gasteiger partial charge in [0.2, 0.25) is 0 Å². The Kier molecular flexibility index (Phi) is 6.37. The van der Waals surface area contributed by atoms with Crippen molar-refractivity contribution in [1.82, 2.24) is 19.8 Å². The third-order valence-electron chi connectivity index (χ3n) is 4.99. The predicted octanol–water partition coefficient (Wildman–Crippen LogP) is 2.20. The first-order valence-corrected chi connectivity index (χ1v) is 9.57. The second-order valence-electron chi connectivity index (χ2n) is 7.44. The van der Waals surface area contributed by atoms with E-state index in [0.29, 0.717) is 19.1 Å². The summed E-state index contributed by atoms with van der Waals surface area (Å²) in [5.41, 5.74) is 1.09. The molecule has 0 aliphatic carbocycles. The number of nitrogens with zero attached hydrogens (tertiary/aromatic N) is 4. The minimum Gasteiger partial charge on any atom is -0.366 e. The lowest BCUT2D eigenvalue weighted by atomic mass is 10.2. The number of rotatable bonds is 4. The Balaban J connectivity index is 1.56. The van der Waals surface area contributed by atoms with Crippen LogP contribution in [0.4, 0.5) is 0 Å². The van der Waals surface area contributed by atoms with Crippen molar-refractivity contribution in [2.45, 2.75) is 58.1 Å². The van der Waals surface area contributed by atoms with Gasteiger partial charge in [-0.2, -0.15) is 0 Å². The maximum absolute atomic E-state index is 12.8. The van der Waals surface area contributed by atoms with Crippen molar-refractivity contribution < 1.29 is 9.53 Å². The van der Waals surface area contributed by atoms with Gasteiger partial charge in [-0.05, 0) is 12.8 Å². The molecule has 1 atom stereocenters. The van der Waals surface area contributed by atoms with Gasteiger partial charge in [-0.3, -0.25) is 9.69 Å². The summed E-state index contributed by atoms with van der Waals surface area (Å²) in [7, 11) is 0. The summed E-state index contributed by atoms with van der Waals surface area (Å²) in [5.74, 6) is 1.38. The molecule has 2 saturated heterocycles. The van der Waals surface area contributed by atoms with Crippen LogP contribution in [0.15, 0.2) is 12.4 Å². The molecule has 1 aromatic heterocycles. The van der Waals surface area contributed by atoms with Gasteiger partial charge in [-0.25, -0.2) is 9.97 Å². The largest absolute Gasteiger partial charge is 0.366 e. The van der Waals surface area contributed by atoms with Crippen LogP contribution in [0, 0.1) is 0 Å². The van der Waals surface area contributed by atoms with Gasteiger partial charge in [-0.1, -0.05) is 26.7 Å². The molecule has 2 aliphatic heterocycles. The van der Waals surface area contributed by atoms with E-state index < -0.39 is 0 Å². The number of hydrogen-bond acceptors (Lipinski definition) is 5.